The number of halogens is 1. The van der Waals surface area contributed by atoms with Crippen LogP contribution in [0.3, 0.4) is 0 Å². The lowest BCUT2D eigenvalue weighted by molar-refractivity contribution is -0.138. The van der Waals surface area contributed by atoms with Gasteiger partial charge in [-0.05, 0) is 23.3 Å². The van der Waals surface area contributed by atoms with Crippen molar-refractivity contribution >= 4 is 11.8 Å². The van der Waals surface area contributed by atoms with E-state index in [2.05, 4.69) is 10.6 Å². The van der Waals surface area contributed by atoms with Crippen molar-refractivity contribution in [3.05, 3.63) is 94.8 Å². The Balaban J connectivity index is 1.54. The van der Waals surface area contributed by atoms with Gasteiger partial charge < -0.3 is 35.2 Å². The number of ether oxygens (including phenoxy) is 2. The highest BCUT2D eigenvalue weighted by Crippen LogP contribution is 2.25. The first-order valence-electron chi connectivity index (χ1n) is 11.6. The van der Waals surface area contributed by atoms with Crippen LogP contribution in [-0.4, -0.2) is 65.4 Å². The monoisotopic (exact) mass is 497 g/mol. The summed E-state index contributed by atoms with van der Waals surface area (Å²) in [6.07, 6.45) is -0.252. The lowest BCUT2D eigenvalue weighted by atomic mass is 10.0. The van der Waals surface area contributed by atoms with E-state index >= 15 is 0 Å². The number of aliphatic hydroxyl groups excluding tert-OH is 2. The third-order valence-corrected chi connectivity index (χ3v) is 5.94. The van der Waals surface area contributed by atoms with Gasteiger partial charge in [-0.15, -0.1) is 0 Å². The Morgan fingerprint density at radius 2 is 1.89 bits per heavy atom. The Kier molecular flexibility index (Phi) is 8.32. The predicted octanol–water partition coefficient (Wildman–Crippen LogP) is 0.938. The van der Waals surface area contributed by atoms with Gasteiger partial charge in [-0.1, -0.05) is 42.5 Å². The number of dihydropyridines is 1. The van der Waals surface area contributed by atoms with Crippen molar-refractivity contribution in [2.75, 3.05) is 26.4 Å². The zero-order valence-electron chi connectivity index (χ0n) is 19.5. The van der Waals surface area contributed by atoms with E-state index in [1.165, 1.54) is 23.2 Å². The fourth-order valence-electron chi connectivity index (χ4n) is 3.92. The van der Waals surface area contributed by atoms with Crippen LogP contribution in [0.1, 0.15) is 11.1 Å². The Labute approximate surface area is 207 Å². The van der Waals surface area contributed by atoms with E-state index in [0.717, 1.165) is 5.56 Å². The number of nitrogens with one attached hydrogen (secondary N) is 2. The largest absolute Gasteiger partial charge is 0.488 e. The number of carbonyl (C=O) groups excluding carboxylic acids is 2. The molecule has 2 aliphatic rings. The maximum atomic E-state index is 13.4. The fraction of sp³-hybridized carbons (Fsp3) is 0.308. The van der Waals surface area contributed by atoms with Crippen LogP contribution < -0.4 is 10.6 Å². The molecular formula is C26H28FN3O6. The van der Waals surface area contributed by atoms with Crippen LogP contribution in [0, 0.1) is 5.82 Å². The Bertz CT molecular complexity index is 1140. The number of benzene rings is 2. The van der Waals surface area contributed by atoms with E-state index in [1.807, 2.05) is 30.3 Å². The van der Waals surface area contributed by atoms with Gasteiger partial charge >= 0.3 is 0 Å². The Hall–Kier alpha value is -3.73. The van der Waals surface area contributed by atoms with Crippen LogP contribution in [0.25, 0.3) is 0 Å². The first-order chi connectivity index (χ1) is 17.5. The van der Waals surface area contributed by atoms with Crippen molar-refractivity contribution in [3.63, 3.8) is 0 Å². The van der Waals surface area contributed by atoms with Crippen molar-refractivity contribution in [1.29, 1.82) is 0 Å². The third kappa shape index (κ3) is 5.91. The average molecular weight is 498 g/mol. The zero-order chi connectivity index (χ0) is 25.5. The number of aliphatic hydroxyl groups is 2. The molecule has 4 rings (SSSR count). The number of hydrogen-bond acceptors (Lipinski definition) is 7. The van der Waals surface area contributed by atoms with Gasteiger partial charge in [0.05, 0.1) is 31.4 Å². The van der Waals surface area contributed by atoms with E-state index in [-0.39, 0.29) is 55.8 Å². The van der Waals surface area contributed by atoms with E-state index in [9.17, 15) is 24.2 Å². The minimum Gasteiger partial charge on any atom is -0.488 e. The SMILES string of the molecule is O=C(NCc1ccc(F)cc1)C1=CNC(C(=O)N2CCOCC2CO)=C(OCc2ccccc2)C1O. The molecule has 0 aliphatic carbocycles. The molecule has 190 valence electrons. The number of carbonyl (C=O) groups is 2. The van der Waals surface area contributed by atoms with E-state index < -0.39 is 24.0 Å². The highest BCUT2D eigenvalue weighted by Gasteiger charge is 2.37. The minimum atomic E-state index is -1.52. The lowest BCUT2D eigenvalue weighted by Crippen LogP contribution is -2.53. The molecule has 0 bridgehead atoms. The van der Waals surface area contributed by atoms with E-state index in [1.54, 1.807) is 12.1 Å². The first kappa shape index (κ1) is 25.4. The Morgan fingerprint density at radius 3 is 2.61 bits per heavy atom. The fourth-order valence-corrected chi connectivity index (χ4v) is 3.92. The number of rotatable bonds is 8. The van der Waals surface area contributed by atoms with Gasteiger partial charge in [0.15, 0.2) is 5.76 Å². The molecule has 2 atom stereocenters. The molecule has 1 fully saturated rings. The van der Waals surface area contributed by atoms with Crippen LogP contribution in [0.2, 0.25) is 0 Å². The molecule has 2 aliphatic heterocycles. The number of nitrogens with zero attached hydrogens (tertiary/aromatic N) is 1. The van der Waals surface area contributed by atoms with Crippen LogP contribution >= 0.6 is 0 Å². The zero-order valence-corrected chi connectivity index (χ0v) is 19.5. The maximum absolute atomic E-state index is 13.4. The summed E-state index contributed by atoms with van der Waals surface area (Å²) in [4.78, 5) is 27.7. The summed E-state index contributed by atoms with van der Waals surface area (Å²) < 4.78 is 24.4. The molecule has 2 unspecified atom stereocenters. The van der Waals surface area contributed by atoms with Gasteiger partial charge in [0.25, 0.3) is 11.8 Å². The molecule has 2 heterocycles. The standard InChI is InChI=1S/C26H28FN3O6/c27-19-8-6-17(7-9-19)12-29-25(33)21-13-28-22(26(34)30-10-11-35-16-20(30)14-31)24(23(21)32)36-15-18-4-2-1-3-5-18/h1-9,13,20,23,28,31-32H,10-12,14-16H2,(H,29,33). The molecule has 2 amide bonds. The third-order valence-electron chi connectivity index (χ3n) is 5.94. The molecule has 2 aromatic rings. The maximum Gasteiger partial charge on any atom is 0.274 e. The molecule has 0 aromatic heterocycles. The van der Waals surface area contributed by atoms with Gasteiger partial charge in [0, 0.05) is 19.3 Å². The minimum absolute atomic E-state index is 0.0196. The highest BCUT2D eigenvalue weighted by atomic mass is 19.1. The molecule has 0 spiro atoms. The smallest absolute Gasteiger partial charge is 0.274 e. The number of hydrogen-bond donors (Lipinski definition) is 4. The molecular weight excluding hydrogens is 469 g/mol. The second kappa shape index (κ2) is 11.8. The molecule has 10 heteroatoms. The van der Waals surface area contributed by atoms with Crippen molar-refractivity contribution in [2.45, 2.75) is 25.3 Å². The van der Waals surface area contributed by atoms with Gasteiger partial charge in [0.2, 0.25) is 0 Å². The van der Waals surface area contributed by atoms with Crippen LogP contribution in [-0.2, 0) is 32.2 Å². The van der Waals surface area contributed by atoms with E-state index in [4.69, 9.17) is 9.47 Å². The quantitative estimate of drug-likeness (QED) is 0.429. The average Bonchev–Trinajstić information content (AvgIpc) is 2.92. The molecule has 1 saturated heterocycles. The molecule has 4 N–H and O–H groups in total. The number of morpholine rings is 1. The van der Waals surface area contributed by atoms with Crippen molar-refractivity contribution < 1.29 is 33.7 Å². The van der Waals surface area contributed by atoms with E-state index in [0.29, 0.717) is 12.2 Å². The molecule has 0 saturated carbocycles. The summed E-state index contributed by atoms with van der Waals surface area (Å²) in [6, 6.07) is 14.3. The summed E-state index contributed by atoms with van der Waals surface area (Å²) in [6.45, 7) is 0.643. The van der Waals surface area contributed by atoms with Crippen LogP contribution in [0.5, 0.6) is 0 Å². The van der Waals surface area contributed by atoms with Gasteiger partial charge in [0.1, 0.15) is 24.2 Å². The summed E-state index contributed by atoms with van der Waals surface area (Å²) in [7, 11) is 0. The van der Waals surface area contributed by atoms with Crippen LogP contribution in [0.4, 0.5) is 4.39 Å². The summed E-state index contributed by atoms with van der Waals surface area (Å²) >= 11 is 0. The van der Waals surface area contributed by atoms with Gasteiger partial charge in [-0.2, -0.15) is 0 Å². The van der Waals surface area contributed by atoms with Gasteiger partial charge in [-0.25, -0.2) is 4.39 Å². The first-order valence-corrected chi connectivity index (χ1v) is 11.6. The number of amides is 2. The van der Waals surface area contributed by atoms with Gasteiger partial charge in [-0.3, -0.25) is 9.59 Å². The highest BCUT2D eigenvalue weighted by molar-refractivity contribution is 5.99. The summed E-state index contributed by atoms with van der Waals surface area (Å²) in [5, 5.41) is 26.3. The molecule has 36 heavy (non-hydrogen) atoms. The lowest BCUT2D eigenvalue weighted by Gasteiger charge is -2.36. The predicted molar refractivity (Wildman–Crippen MR) is 127 cm³/mol. The van der Waals surface area contributed by atoms with Crippen LogP contribution in [0.15, 0.2) is 77.8 Å². The molecule has 2 aromatic carbocycles. The molecule has 9 nitrogen and oxygen atoms in total. The summed E-state index contributed by atoms with van der Waals surface area (Å²) in [5.74, 6) is -1.54. The molecule has 0 radical (unpaired) electrons. The topological polar surface area (TPSA) is 120 Å². The summed E-state index contributed by atoms with van der Waals surface area (Å²) in [5.41, 5.74) is 1.42. The van der Waals surface area contributed by atoms with Crippen molar-refractivity contribution in [2.24, 2.45) is 0 Å². The van der Waals surface area contributed by atoms with Crippen molar-refractivity contribution in [1.82, 2.24) is 15.5 Å². The second-order valence-electron chi connectivity index (χ2n) is 8.38. The second-order valence-corrected chi connectivity index (χ2v) is 8.38. The normalized spacial score (nSPS) is 19.9. The Morgan fingerprint density at radius 1 is 1.14 bits per heavy atom. The van der Waals surface area contributed by atoms with Crippen molar-refractivity contribution in [3.8, 4) is 0 Å².